The summed E-state index contributed by atoms with van der Waals surface area (Å²) < 4.78 is 48.5. The van der Waals surface area contributed by atoms with Crippen LogP contribution in [0, 0.1) is 0 Å². The minimum absolute atomic E-state index is 0.107. The Bertz CT molecular complexity index is 990. The number of furan rings is 1. The molecule has 3 aromatic rings. The van der Waals surface area contributed by atoms with Crippen LogP contribution in [0.1, 0.15) is 25.8 Å². The lowest BCUT2D eigenvalue weighted by Crippen LogP contribution is -2.13. The van der Waals surface area contributed by atoms with Crippen molar-refractivity contribution in [2.45, 2.75) is 6.18 Å². The fourth-order valence-corrected chi connectivity index (χ4v) is 3.07. The van der Waals surface area contributed by atoms with Crippen LogP contribution in [-0.2, 0) is 10.9 Å². The molecule has 2 aromatic heterocycles. The fourth-order valence-electron chi connectivity index (χ4n) is 2.31. The lowest BCUT2D eigenvalue weighted by Gasteiger charge is -2.07. The van der Waals surface area contributed by atoms with Gasteiger partial charge in [-0.05, 0) is 35.7 Å². The van der Waals surface area contributed by atoms with E-state index in [1.165, 1.54) is 37.4 Å². The Hall–Kier alpha value is -3.07. The molecular weight excluding hydrogens is 383 g/mol. The van der Waals surface area contributed by atoms with Gasteiger partial charge >= 0.3 is 12.1 Å². The molecule has 27 heavy (non-hydrogen) atoms. The molecule has 9 heteroatoms. The Morgan fingerprint density at radius 1 is 1.15 bits per heavy atom. The van der Waals surface area contributed by atoms with Gasteiger partial charge in [0.2, 0.25) is 0 Å². The van der Waals surface area contributed by atoms with Gasteiger partial charge < -0.3 is 14.5 Å². The summed E-state index contributed by atoms with van der Waals surface area (Å²) in [6.45, 7) is 0. The molecule has 0 aliphatic heterocycles. The minimum Gasteiger partial charge on any atom is -0.465 e. The smallest absolute Gasteiger partial charge is 0.416 e. The van der Waals surface area contributed by atoms with E-state index in [9.17, 15) is 22.8 Å². The first kappa shape index (κ1) is 18.7. The number of rotatable bonds is 4. The van der Waals surface area contributed by atoms with Crippen LogP contribution >= 0.6 is 11.3 Å². The number of methoxy groups -OCH3 is 1. The van der Waals surface area contributed by atoms with Gasteiger partial charge in [-0.2, -0.15) is 13.2 Å². The Morgan fingerprint density at radius 2 is 1.93 bits per heavy atom. The van der Waals surface area contributed by atoms with Crippen molar-refractivity contribution in [3.63, 3.8) is 0 Å². The number of halogens is 3. The molecule has 0 aliphatic carbocycles. The second-order valence-corrected chi connectivity index (χ2v) is 6.27. The van der Waals surface area contributed by atoms with E-state index < -0.39 is 23.6 Å². The van der Waals surface area contributed by atoms with Crippen LogP contribution < -0.4 is 5.32 Å². The average molecular weight is 395 g/mol. The first-order valence-electron chi connectivity index (χ1n) is 7.54. The molecule has 0 aliphatic rings. The molecule has 0 saturated heterocycles. The van der Waals surface area contributed by atoms with Crippen LogP contribution in [0.25, 0.3) is 11.3 Å². The summed E-state index contributed by atoms with van der Waals surface area (Å²) in [7, 11) is 1.22. The van der Waals surface area contributed by atoms with E-state index in [-0.39, 0.29) is 27.6 Å². The quantitative estimate of drug-likeness (QED) is 0.627. The SMILES string of the molecule is COC(=O)c1sccc1NC(=O)c1ccc(-c2cccc(C(F)(F)F)c2)o1. The van der Waals surface area contributed by atoms with E-state index in [1.54, 1.807) is 5.38 Å². The molecule has 1 amide bonds. The molecule has 140 valence electrons. The van der Waals surface area contributed by atoms with Gasteiger partial charge in [0.25, 0.3) is 5.91 Å². The summed E-state index contributed by atoms with van der Waals surface area (Å²) in [5, 5.41) is 4.13. The van der Waals surface area contributed by atoms with E-state index in [2.05, 4.69) is 10.1 Å². The predicted octanol–water partition coefficient (Wildman–Crippen LogP) is 5.07. The number of hydrogen-bond donors (Lipinski definition) is 1. The van der Waals surface area contributed by atoms with Gasteiger partial charge in [0.15, 0.2) is 5.76 Å². The normalized spacial score (nSPS) is 11.3. The van der Waals surface area contributed by atoms with Gasteiger partial charge in [0, 0.05) is 5.56 Å². The number of hydrogen-bond acceptors (Lipinski definition) is 5. The first-order valence-corrected chi connectivity index (χ1v) is 8.42. The maximum Gasteiger partial charge on any atom is 0.416 e. The third kappa shape index (κ3) is 4.03. The van der Waals surface area contributed by atoms with Gasteiger partial charge in [-0.1, -0.05) is 12.1 Å². The topological polar surface area (TPSA) is 68.5 Å². The lowest BCUT2D eigenvalue weighted by atomic mass is 10.1. The van der Waals surface area contributed by atoms with Crippen LogP contribution in [-0.4, -0.2) is 19.0 Å². The van der Waals surface area contributed by atoms with Crippen molar-refractivity contribution in [1.29, 1.82) is 0 Å². The maximum absolute atomic E-state index is 12.8. The molecule has 0 radical (unpaired) electrons. The summed E-state index contributed by atoms with van der Waals surface area (Å²) in [6.07, 6.45) is -4.48. The minimum atomic E-state index is -4.48. The molecule has 0 fully saturated rings. The monoisotopic (exact) mass is 395 g/mol. The van der Waals surface area contributed by atoms with Gasteiger partial charge in [-0.3, -0.25) is 4.79 Å². The number of benzene rings is 1. The molecule has 1 aromatic carbocycles. The molecule has 5 nitrogen and oxygen atoms in total. The Morgan fingerprint density at radius 3 is 2.63 bits per heavy atom. The molecular formula is C18H12F3NO4S. The highest BCUT2D eigenvalue weighted by atomic mass is 32.1. The van der Waals surface area contributed by atoms with Gasteiger partial charge in [0.05, 0.1) is 18.4 Å². The number of ether oxygens (including phenoxy) is 1. The Labute approximate surface area is 155 Å². The standard InChI is InChI=1S/C18H12F3NO4S/c1-25-17(24)15-12(7-8-27-15)22-16(23)14-6-5-13(26-14)10-3-2-4-11(9-10)18(19,20)21/h2-9H,1H3,(H,22,23). The highest BCUT2D eigenvalue weighted by Gasteiger charge is 2.30. The molecule has 0 unspecified atom stereocenters. The number of carbonyl (C=O) groups excluding carboxylic acids is 2. The van der Waals surface area contributed by atoms with Crippen molar-refractivity contribution < 1.29 is 31.9 Å². The number of alkyl halides is 3. The summed E-state index contributed by atoms with van der Waals surface area (Å²) in [4.78, 5) is 24.2. The molecule has 0 bridgehead atoms. The van der Waals surface area contributed by atoms with Crippen molar-refractivity contribution in [2.24, 2.45) is 0 Å². The van der Waals surface area contributed by atoms with Crippen molar-refractivity contribution in [1.82, 2.24) is 0 Å². The summed E-state index contributed by atoms with van der Waals surface area (Å²) >= 11 is 1.10. The highest BCUT2D eigenvalue weighted by Crippen LogP contribution is 2.33. The maximum atomic E-state index is 12.8. The lowest BCUT2D eigenvalue weighted by molar-refractivity contribution is -0.137. The van der Waals surface area contributed by atoms with Crippen molar-refractivity contribution in [2.75, 3.05) is 12.4 Å². The Kier molecular flexibility index (Phi) is 5.04. The largest absolute Gasteiger partial charge is 0.465 e. The Balaban J connectivity index is 1.81. The van der Waals surface area contributed by atoms with Crippen LogP contribution in [0.5, 0.6) is 0 Å². The van der Waals surface area contributed by atoms with E-state index in [0.29, 0.717) is 0 Å². The second kappa shape index (κ2) is 7.28. The molecule has 0 spiro atoms. The van der Waals surface area contributed by atoms with Gasteiger partial charge in [-0.25, -0.2) is 4.79 Å². The van der Waals surface area contributed by atoms with Gasteiger partial charge in [-0.15, -0.1) is 11.3 Å². The number of anilines is 1. The molecule has 2 heterocycles. The van der Waals surface area contributed by atoms with Gasteiger partial charge in [0.1, 0.15) is 10.6 Å². The van der Waals surface area contributed by atoms with Crippen LogP contribution in [0.15, 0.2) is 52.3 Å². The number of esters is 1. The highest BCUT2D eigenvalue weighted by molar-refractivity contribution is 7.12. The molecule has 1 N–H and O–H groups in total. The molecule has 0 atom stereocenters. The predicted molar refractivity (Wildman–Crippen MR) is 92.8 cm³/mol. The average Bonchev–Trinajstić information content (AvgIpc) is 3.30. The van der Waals surface area contributed by atoms with Crippen LogP contribution in [0.2, 0.25) is 0 Å². The van der Waals surface area contributed by atoms with E-state index in [4.69, 9.17) is 4.42 Å². The second-order valence-electron chi connectivity index (χ2n) is 5.35. The van der Waals surface area contributed by atoms with Crippen molar-refractivity contribution in [3.05, 3.63) is 64.0 Å². The van der Waals surface area contributed by atoms with E-state index in [1.807, 2.05) is 0 Å². The number of nitrogens with one attached hydrogen (secondary N) is 1. The third-order valence-corrected chi connectivity index (χ3v) is 4.48. The zero-order chi connectivity index (χ0) is 19.6. The zero-order valence-corrected chi connectivity index (χ0v) is 14.6. The van der Waals surface area contributed by atoms with E-state index >= 15 is 0 Å². The third-order valence-electron chi connectivity index (χ3n) is 3.59. The summed E-state index contributed by atoms with van der Waals surface area (Å²) in [5.41, 5.74) is -0.369. The number of carbonyl (C=O) groups is 2. The molecule has 0 saturated carbocycles. The summed E-state index contributed by atoms with van der Waals surface area (Å²) in [5.74, 6) is -1.23. The molecule has 3 rings (SSSR count). The fraction of sp³-hybridized carbons (Fsp3) is 0.111. The van der Waals surface area contributed by atoms with Crippen molar-refractivity contribution >= 4 is 28.9 Å². The summed E-state index contributed by atoms with van der Waals surface area (Å²) in [6, 6.07) is 8.87. The van der Waals surface area contributed by atoms with Crippen LogP contribution in [0.4, 0.5) is 18.9 Å². The number of thiophene rings is 1. The van der Waals surface area contributed by atoms with E-state index in [0.717, 1.165) is 23.5 Å². The van der Waals surface area contributed by atoms with Crippen molar-refractivity contribution in [3.8, 4) is 11.3 Å². The number of amides is 1. The zero-order valence-electron chi connectivity index (χ0n) is 13.8. The van der Waals surface area contributed by atoms with Crippen LogP contribution in [0.3, 0.4) is 0 Å². The first-order chi connectivity index (χ1) is 12.8.